The highest BCUT2D eigenvalue weighted by molar-refractivity contribution is 8.07. The van der Waals surface area contributed by atoms with E-state index in [1.165, 1.54) is 0 Å². The summed E-state index contributed by atoms with van der Waals surface area (Å²) in [5.74, 6) is 0.850. The van der Waals surface area contributed by atoms with E-state index in [2.05, 4.69) is 6.30 Å². The lowest BCUT2D eigenvalue weighted by Gasteiger charge is -2.33. The zero-order chi connectivity index (χ0) is 14.6. The molecule has 5 atom stereocenters. The topological polar surface area (TPSA) is 57.2 Å². The fraction of sp³-hybridized carbons (Fsp3) is 0.917. The van der Waals surface area contributed by atoms with Crippen LogP contribution in [0.5, 0.6) is 0 Å². The Bertz CT molecular complexity index is 459. The highest BCUT2D eigenvalue weighted by atomic mass is 32.2. The van der Waals surface area contributed by atoms with Gasteiger partial charge in [0.2, 0.25) is 7.57 Å². The van der Waals surface area contributed by atoms with Gasteiger partial charge in [0.25, 0.3) is 0 Å². The summed E-state index contributed by atoms with van der Waals surface area (Å²) in [6, 6.07) is 0. The van der Waals surface area contributed by atoms with Crippen LogP contribution in [-0.4, -0.2) is 60.6 Å². The van der Waals surface area contributed by atoms with Gasteiger partial charge in [0.05, 0.1) is 12.7 Å². The van der Waals surface area contributed by atoms with E-state index < -0.39 is 18.7 Å². The van der Waals surface area contributed by atoms with Crippen LogP contribution in [0.2, 0.25) is 0 Å². The average molecular weight is 318 g/mol. The second kappa shape index (κ2) is 4.75. The smallest absolute Gasteiger partial charge is 0.249 e. The fourth-order valence-electron chi connectivity index (χ4n) is 2.99. The molecule has 3 aliphatic heterocycles. The van der Waals surface area contributed by atoms with Gasteiger partial charge in [0.1, 0.15) is 18.4 Å². The standard InChI is InChI=1S/C12H20BO5PS/c1-10(8-20-10)18-19(3,14)16-7-11-4-5-12(13,17-11)6-9(11)15-2/h9,14H,3-8H2,1-2H3. The van der Waals surface area contributed by atoms with Crippen LogP contribution in [0.25, 0.3) is 0 Å². The number of thioether (sulfide) groups is 1. The van der Waals surface area contributed by atoms with Crippen molar-refractivity contribution < 1.29 is 23.4 Å². The van der Waals surface area contributed by atoms with Gasteiger partial charge < -0.3 is 18.9 Å². The molecule has 8 heteroatoms. The molecule has 3 heterocycles. The molecule has 3 fully saturated rings. The first kappa shape index (κ1) is 15.4. The van der Waals surface area contributed by atoms with E-state index in [1.54, 1.807) is 18.9 Å². The molecule has 0 amide bonds. The number of fused-ring (bicyclic) bond motifs is 2. The third-order valence-electron chi connectivity index (χ3n) is 4.18. The van der Waals surface area contributed by atoms with Gasteiger partial charge in [-0.3, -0.25) is 4.52 Å². The van der Waals surface area contributed by atoms with Crippen molar-refractivity contribution in [3.05, 3.63) is 0 Å². The highest BCUT2D eigenvalue weighted by Gasteiger charge is 2.60. The van der Waals surface area contributed by atoms with Crippen LogP contribution >= 0.6 is 19.3 Å². The molecule has 0 aromatic rings. The summed E-state index contributed by atoms with van der Waals surface area (Å²) in [4.78, 5) is 9.86. The summed E-state index contributed by atoms with van der Waals surface area (Å²) in [6.45, 7) is 2.11. The molecule has 112 valence electrons. The van der Waals surface area contributed by atoms with Crippen LogP contribution < -0.4 is 0 Å². The summed E-state index contributed by atoms with van der Waals surface area (Å²) < 4.78 is 22.6. The molecule has 2 radical (unpaired) electrons. The van der Waals surface area contributed by atoms with Crippen LogP contribution in [0, 0.1) is 0 Å². The zero-order valence-corrected chi connectivity index (χ0v) is 13.5. The normalized spacial score (nSPS) is 49.2. The fourth-order valence-corrected chi connectivity index (χ4v) is 5.04. The van der Waals surface area contributed by atoms with Gasteiger partial charge >= 0.3 is 0 Å². The Balaban J connectivity index is 1.64. The number of rotatable bonds is 6. The SMILES string of the molecule is [B]C12CCC(COP(=C)(O)OC3(C)CS3)(O1)C(OC)C2. The third kappa shape index (κ3) is 2.87. The Labute approximate surface area is 125 Å². The molecule has 20 heavy (non-hydrogen) atoms. The maximum Gasteiger partial charge on any atom is 0.249 e. The van der Waals surface area contributed by atoms with Crippen molar-refractivity contribution in [1.29, 1.82) is 0 Å². The molecule has 0 saturated carbocycles. The summed E-state index contributed by atoms with van der Waals surface area (Å²) in [6.07, 6.45) is 5.75. The van der Waals surface area contributed by atoms with Crippen molar-refractivity contribution in [2.24, 2.45) is 0 Å². The molecular formula is C12H20BO5PS. The van der Waals surface area contributed by atoms with Crippen molar-refractivity contribution in [2.75, 3.05) is 19.5 Å². The summed E-state index contributed by atoms with van der Waals surface area (Å²) in [5, 5.41) is 0. The minimum Gasteiger partial charge on any atom is -0.378 e. The van der Waals surface area contributed by atoms with Gasteiger partial charge in [-0.05, 0) is 32.5 Å². The number of hydrogen-bond acceptors (Lipinski definition) is 6. The molecule has 3 rings (SSSR count). The van der Waals surface area contributed by atoms with Crippen LogP contribution in [-0.2, 0) is 18.5 Å². The van der Waals surface area contributed by atoms with Crippen molar-refractivity contribution >= 4 is 33.5 Å². The minimum absolute atomic E-state index is 0.118. The molecule has 3 saturated heterocycles. The molecule has 5 unspecified atom stereocenters. The van der Waals surface area contributed by atoms with Crippen molar-refractivity contribution in [3.63, 3.8) is 0 Å². The monoisotopic (exact) mass is 318 g/mol. The molecule has 0 aliphatic carbocycles. The first-order valence-electron chi connectivity index (χ1n) is 6.67. The van der Waals surface area contributed by atoms with Gasteiger partial charge in [-0.15, -0.1) is 11.8 Å². The van der Waals surface area contributed by atoms with Crippen molar-refractivity contribution in [1.82, 2.24) is 0 Å². The highest BCUT2D eigenvalue weighted by Crippen LogP contribution is 2.59. The Kier molecular flexibility index (Phi) is 3.66. The lowest BCUT2D eigenvalue weighted by atomic mass is 9.70. The summed E-state index contributed by atoms with van der Waals surface area (Å²) >= 11 is 1.62. The predicted octanol–water partition coefficient (Wildman–Crippen LogP) is 1.50. The predicted molar refractivity (Wildman–Crippen MR) is 81.1 cm³/mol. The second-order valence-electron chi connectivity index (χ2n) is 6.08. The third-order valence-corrected chi connectivity index (χ3v) is 6.71. The molecule has 0 aromatic carbocycles. The van der Waals surface area contributed by atoms with E-state index in [0.717, 1.165) is 18.6 Å². The summed E-state index contributed by atoms with van der Waals surface area (Å²) in [5.41, 5.74) is -1.21. The molecule has 0 aromatic heterocycles. The first-order chi connectivity index (χ1) is 9.20. The Morgan fingerprint density at radius 3 is 2.80 bits per heavy atom. The van der Waals surface area contributed by atoms with E-state index in [9.17, 15) is 4.89 Å². The maximum absolute atomic E-state index is 10.2. The molecule has 2 bridgehead atoms. The Morgan fingerprint density at radius 2 is 2.25 bits per heavy atom. The molecule has 5 nitrogen and oxygen atoms in total. The molecular weight excluding hydrogens is 298 g/mol. The van der Waals surface area contributed by atoms with Gasteiger partial charge in [-0.2, -0.15) is 0 Å². The quantitative estimate of drug-likeness (QED) is 0.455. The Hall–Kier alpha value is 0.515. The maximum atomic E-state index is 10.2. The van der Waals surface area contributed by atoms with Crippen LogP contribution in [0.15, 0.2) is 0 Å². The van der Waals surface area contributed by atoms with Crippen LogP contribution in [0.1, 0.15) is 26.2 Å². The van der Waals surface area contributed by atoms with Crippen molar-refractivity contribution in [2.45, 2.75) is 48.3 Å². The largest absolute Gasteiger partial charge is 0.378 e. The van der Waals surface area contributed by atoms with E-state index >= 15 is 0 Å². The molecule has 1 N–H and O–H groups in total. The first-order valence-corrected chi connectivity index (χ1v) is 9.42. The molecule has 0 spiro atoms. The van der Waals surface area contributed by atoms with E-state index in [-0.39, 0.29) is 17.6 Å². The number of methoxy groups -OCH3 is 1. The Morgan fingerprint density at radius 1 is 1.55 bits per heavy atom. The molecule has 3 aliphatic rings. The lowest BCUT2D eigenvalue weighted by Crippen LogP contribution is -2.43. The van der Waals surface area contributed by atoms with E-state index in [4.69, 9.17) is 26.4 Å². The van der Waals surface area contributed by atoms with E-state index in [1.807, 2.05) is 6.92 Å². The van der Waals surface area contributed by atoms with Crippen LogP contribution in [0.4, 0.5) is 0 Å². The number of ether oxygens (including phenoxy) is 2. The van der Waals surface area contributed by atoms with Gasteiger partial charge in [-0.25, -0.2) is 0 Å². The minimum atomic E-state index is -3.10. The zero-order valence-electron chi connectivity index (χ0n) is 11.8. The van der Waals surface area contributed by atoms with Gasteiger partial charge in [-0.1, -0.05) is 0 Å². The van der Waals surface area contributed by atoms with Crippen LogP contribution in [0.3, 0.4) is 0 Å². The van der Waals surface area contributed by atoms with E-state index in [0.29, 0.717) is 6.42 Å². The number of hydrogen-bond donors (Lipinski definition) is 1. The van der Waals surface area contributed by atoms with Crippen molar-refractivity contribution in [3.8, 4) is 0 Å². The van der Waals surface area contributed by atoms with Gasteiger partial charge in [0.15, 0.2) is 0 Å². The summed E-state index contributed by atoms with van der Waals surface area (Å²) in [7, 11) is 4.69. The average Bonchev–Trinajstić information content (AvgIpc) is 2.86. The lowest BCUT2D eigenvalue weighted by molar-refractivity contribution is -0.0927. The second-order valence-corrected chi connectivity index (χ2v) is 9.24. The van der Waals surface area contributed by atoms with Gasteiger partial charge in [0, 0.05) is 18.4 Å².